The van der Waals surface area contributed by atoms with Gasteiger partial charge in [-0.2, -0.15) is 21.6 Å². The van der Waals surface area contributed by atoms with Crippen LogP contribution >= 0.6 is 0 Å². The van der Waals surface area contributed by atoms with Crippen LogP contribution in [0.15, 0.2) is 24.3 Å². The quantitative estimate of drug-likeness (QED) is 0.539. The van der Waals surface area contributed by atoms with E-state index in [1.165, 1.54) is 12.1 Å². The van der Waals surface area contributed by atoms with E-state index in [9.17, 15) is 26.7 Å². The molecule has 2 atom stereocenters. The van der Waals surface area contributed by atoms with Crippen molar-refractivity contribution in [1.82, 2.24) is 4.98 Å². The summed E-state index contributed by atoms with van der Waals surface area (Å²) in [6, 6.07) is 4.69. The molecule has 1 aliphatic carbocycles. The highest BCUT2D eigenvalue weighted by atomic mass is 32.2. The lowest BCUT2D eigenvalue weighted by Gasteiger charge is -2.44. The maximum atomic E-state index is 13.6. The van der Waals surface area contributed by atoms with Crippen molar-refractivity contribution in [1.29, 1.82) is 0 Å². The molecule has 1 fully saturated rings. The van der Waals surface area contributed by atoms with Gasteiger partial charge in [0.05, 0.1) is 23.1 Å². The monoisotopic (exact) mass is 540 g/mol. The molecule has 0 saturated carbocycles. The van der Waals surface area contributed by atoms with Gasteiger partial charge in [0, 0.05) is 37.3 Å². The Balaban J connectivity index is 1.73. The topological polar surface area (TPSA) is 97.8 Å². The number of alkyl halides is 3. The van der Waals surface area contributed by atoms with Gasteiger partial charge >= 0.3 is 6.18 Å². The van der Waals surface area contributed by atoms with Crippen LogP contribution < -0.4 is 5.11 Å². The molecule has 1 spiro atoms. The Labute approximate surface area is 214 Å². The smallest absolute Gasteiger partial charge is 0.416 e. The number of hydrogen-bond donors (Lipinski definition) is 0. The number of fused-ring (bicyclic) bond motifs is 4. The second-order valence-corrected chi connectivity index (χ2v) is 12.6. The van der Waals surface area contributed by atoms with E-state index in [1.807, 2.05) is 13.8 Å². The number of hydrogen-bond acceptors (Lipinski definition) is 7. The molecule has 0 N–H and O–H groups in total. The van der Waals surface area contributed by atoms with Gasteiger partial charge < -0.3 is 14.6 Å². The van der Waals surface area contributed by atoms with E-state index in [2.05, 4.69) is 0 Å². The second kappa shape index (κ2) is 9.01. The van der Waals surface area contributed by atoms with Crippen LogP contribution in [0.1, 0.15) is 84.5 Å². The Kier molecular flexibility index (Phi) is 6.47. The summed E-state index contributed by atoms with van der Waals surface area (Å²) in [6.07, 6.45) is -3.64. The molecule has 1 saturated heterocycles. The first-order valence-electron chi connectivity index (χ1n) is 12.2. The van der Waals surface area contributed by atoms with E-state index in [-0.39, 0.29) is 12.0 Å². The lowest BCUT2D eigenvalue weighted by Crippen LogP contribution is -2.39. The molecular formula is C26H29F3NO6S-. The highest BCUT2D eigenvalue weighted by Crippen LogP contribution is 2.56. The van der Waals surface area contributed by atoms with Crippen molar-refractivity contribution in [3.8, 4) is 0 Å². The molecule has 11 heteroatoms. The molecule has 2 aliphatic heterocycles. The summed E-state index contributed by atoms with van der Waals surface area (Å²) in [5.74, 6) is 0. The molecule has 1 aromatic carbocycles. The van der Waals surface area contributed by atoms with E-state index in [0.717, 1.165) is 18.4 Å². The molecule has 0 bridgehead atoms. The third-order valence-corrected chi connectivity index (χ3v) is 7.99. The molecule has 0 radical (unpaired) electrons. The maximum Gasteiger partial charge on any atom is 0.416 e. The van der Waals surface area contributed by atoms with Crippen LogP contribution in [-0.4, -0.2) is 32.9 Å². The van der Waals surface area contributed by atoms with E-state index >= 15 is 0 Å². The standard InChI is InChI=1S/C26H29F3NO6S/c1-24(2)12-17-20(19(31)13-24)22-21(18(30-17)14-35-37(3,32)33)23(36-25(22)8-10-34-11-9-25)15-4-6-16(7-5-15)26(27,28)29/h4-7,19,23H,8-14H2,1-3H3/q-1. The number of ether oxygens (including phenoxy) is 2. The Hall–Kier alpha value is -2.05. The van der Waals surface area contributed by atoms with Crippen LogP contribution in [0.3, 0.4) is 0 Å². The SMILES string of the molecule is CC1(C)Cc2nc(COS(C)(=O)=O)c3c(c2C([O-])C1)C1(CCOCC1)OC3c1ccc(C(F)(F)F)cc1. The number of pyridine rings is 1. The third kappa shape index (κ3) is 5.04. The van der Waals surface area contributed by atoms with E-state index in [1.54, 1.807) is 0 Å². The minimum Gasteiger partial charge on any atom is -0.848 e. The molecule has 0 amide bonds. The highest BCUT2D eigenvalue weighted by Gasteiger charge is 2.51. The van der Waals surface area contributed by atoms with Gasteiger partial charge in [-0.3, -0.25) is 9.17 Å². The summed E-state index contributed by atoms with van der Waals surface area (Å²) < 4.78 is 80.8. The van der Waals surface area contributed by atoms with Gasteiger partial charge in [-0.1, -0.05) is 38.5 Å². The van der Waals surface area contributed by atoms with Crippen molar-refractivity contribution in [2.75, 3.05) is 19.5 Å². The predicted octanol–water partition coefficient (Wildman–Crippen LogP) is 4.08. The number of rotatable bonds is 4. The van der Waals surface area contributed by atoms with Crippen LogP contribution in [0.5, 0.6) is 0 Å². The van der Waals surface area contributed by atoms with Crippen LogP contribution in [0.4, 0.5) is 13.2 Å². The second-order valence-electron chi connectivity index (χ2n) is 10.9. The number of halogens is 3. The van der Waals surface area contributed by atoms with Gasteiger partial charge in [-0.25, -0.2) is 0 Å². The van der Waals surface area contributed by atoms with E-state index < -0.39 is 39.7 Å². The van der Waals surface area contributed by atoms with Crippen molar-refractivity contribution in [2.24, 2.45) is 5.41 Å². The molecule has 7 nitrogen and oxygen atoms in total. The summed E-state index contributed by atoms with van der Waals surface area (Å²) in [6.45, 7) is 4.40. The van der Waals surface area contributed by atoms with E-state index in [0.29, 0.717) is 72.5 Å². The Bertz CT molecular complexity index is 1300. The van der Waals surface area contributed by atoms with Crippen molar-refractivity contribution in [3.63, 3.8) is 0 Å². The zero-order valence-electron chi connectivity index (χ0n) is 20.9. The molecule has 37 heavy (non-hydrogen) atoms. The van der Waals surface area contributed by atoms with Gasteiger partial charge in [0.15, 0.2) is 0 Å². The fraction of sp³-hybridized carbons (Fsp3) is 0.577. The Morgan fingerprint density at radius 3 is 2.38 bits per heavy atom. The minimum absolute atomic E-state index is 0.301. The van der Waals surface area contributed by atoms with Crippen LogP contribution in [0.2, 0.25) is 0 Å². The lowest BCUT2D eigenvalue weighted by atomic mass is 9.70. The summed E-state index contributed by atoms with van der Waals surface area (Å²) in [4.78, 5) is 4.76. The number of nitrogens with zero attached hydrogens (tertiary/aromatic N) is 1. The summed E-state index contributed by atoms with van der Waals surface area (Å²) in [5, 5.41) is 13.6. The molecule has 5 rings (SSSR count). The normalized spacial score (nSPS) is 24.6. The molecule has 3 aliphatic rings. The predicted molar refractivity (Wildman–Crippen MR) is 125 cm³/mol. The molecule has 2 aromatic rings. The number of benzene rings is 1. The molecule has 202 valence electrons. The fourth-order valence-corrected chi connectivity index (χ4v) is 6.19. The van der Waals surface area contributed by atoms with Crippen molar-refractivity contribution < 1.29 is 40.4 Å². The van der Waals surface area contributed by atoms with Gasteiger partial charge in [0.2, 0.25) is 0 Å². The largest absolute Gasteiger partial charge is 0.848 e. The van der Waals surface area contributed by atoms with Crippen LogP contribution in [0, 0.1) is 5.41 Å². The maximum absolute atomic E-state index is 13.6. The first kappa shape index (κ1) is 26.6. The van der Waals surface area contributed by atoms with Crippen LogP contribution in [0.25, 0.3) is 0 Å². The molecular weight excluding hydrogens is 511 g/mol. The van der Waals surface area contributed by atoms with Gasteiger partial charge in [0.25, 0.3) is 10.1 Å². The van der Waals surface area contributed by atoms with E-state index in [4.69, 9.17) is 18.6 Å². The van der Waals surface area contributed by atoms with Crippen molar-refractivity contribution in [3.05, 3.63) is 63.5 Å². The minimum atomic E-state index is -4.49. The molecule has 1 aromatic heterocycles. The molecule has 3 heterocycles. The first-order chi connectivity index (χ1) is 17.2. The van der Waals surface area contributed by atoms with Crippen LogP contribution in [-0.2, 0) is 48.6 Å². The zero-order valence-corrected chi connectivity index (χ0v) is 21.7. The average molecular weight is 541 g/mol. The third-order valence-electron chi connectivity index (χ3n) is 7.45. The number of aromatic nitrogens is 1. The zero-order chi connectivity index (χ0) is 26.8. The van der Waals surface area contributed by atoms with Gasteiger partial charge in [0.1, 0.15) is 12.7 Å². The first-order valence-corrected chi connectivity index (χ1v) is 14.0. The lowest BCUT2D eigenvalue weighted by molar-refractivity contribution is -0.434. The summed E-state index contributed by atoms with van der Waals surface area (Å²) >= 11 is 0. The summed E-state index contributed by atoms with van der Waals surface area (Å²) in [5.41, 5.74) is 1.16. The Morgan fingerprint density at radius 1 is 1.14 bits per heavy atom. The van der Waals surface area contributed by atoms with Crippen molar-refractivity contribution in [2.45, 2.75) is 70.1 Å². The molecule has 2 unspecified atom stereocenters. The average Bonchev–Trinajstić information content (AvgIpc) is 3.10. The summed E-state index contributed by atoms with van der Waals surface area (Å²) in [7, 11) is -3.82. The van der Waals surface area contributed by atoms with Gasteiger partial charge in [-0.05, 0) is 40.7 Å². The van der Waals surface area contributed by atoms with Gasteiger partial charge in [-0.15, -0.1) is 0 Å². The fourth-order valence-electron chi connectivity index (χ4n) is 5.87. The van der Waals surface area contributed by atoms with Crippen molar-refractivity contribution >= 4 is 10.1 Å². The Morgan fingerprint density at radius 2 is 1.78 bits per heavy atom. The highest BCUT2D eigenvalue weighted by molar-refractivity contribution is 7.85.